The second kappa shape index (κ2) is 11.3. The van der Waals surface area contributed by atoms with Crippen molar-refractivity contribution in [2.24, 2.45) is 0 Å². The number of carbonyl (C=O) groups excluding carboxylic acids is 1. The molecule has 2 aliphatic heterocycles. The van der Waals surface area contributed by atoms with Gasteiger partial charge in [0.15, 0.2) is 0 Å². The summed E-state index contributed by atoms with van der Waals surface area (Å²) < 4.78 is 0. The smallest absolute Gasteiger partial charge is 0.259 e. The number of benzene rings is 3. The maximum atomic E-state index is 13.1. The third kappa shape index (κ3) is 5.56. The molecule has 2 aliphatic rings. The number of hydrogen-bond donors (Lipinski definition) is 4. The number of aromatic nitrogens is 3. The summed E-state index contributed by atoms with van der Waals surface area (Å²) in [6.45, 7) is 3.74. The molecular weight excluding hydrogens is 506 g/mol. The van der Waals surface area contributed by atoms with Gasteiger partial charge in [-0.25, -0.2) is 0 Å². The van der Waals surface area contributed by atoms with Crippen LogP contribution in [0.5, 0.6) is 11.5 Å². The molecule has 6 rings (SSSR count). The molecule has 0 unspecified atom stereocenters. The molecule has 206 valence electrons. The molecule has 0 radical (unpaired) electrons. The highest BCUT2D eigenvalue weighted by Gasteiger charge is 2.21. The van der Waals surface area contributed by atoms with Crippen molar-refractivity contribution >= 4 is 45.9 Å². The van der Waals surface area contributed by atoms with Crippen LogP contribution in [0.25, 0.3) is 10.8 Å². The number of nitrogens with one attached hydrogen (secondary N) is 2. The number of amides is 1. The summed E-state index contributed by atoms with van der Waals surface area (Å²) in [7, 11) is 0. The average Bonchev–Trinajstić information content (AvgIpc) is 2.98. The first-order chi connectivity index (χ1) is 19.5. The fourth-order valence-corrected chi connectivity index (χ4v) is 5.36. The molecule has 2 fully saturated rings. The molecule has 0 atom stereocenters. The van der Waals surface area contributed by atoms with Gasteiger partial charge < -0.3 is 30.6 Å². The van der Waals surface area contributed by atoms with Gasteiger partial charge in [-0.05, 0) is 80.3 Å². The van der Waals surface area contributed by atoms with Crippen molar-refractivity contribution in [2.45, 2.75) is 38.5 Å². The van der Waals surface area contributed by atoms with Crippen molar-refractivity contribution in [1.29, 1.82) is 0 Å². The Balaban J connectivity index is 1.24. The summed E-state index contributed by atoms with van der Waals surface area (Å²) in [5.41, 5.74) is 1.38. The lowest BCUT2D eigenvalue weighted by molar-refractivity contribution is 0.102. The third-order valence-corrected chi connectivity index (χ3v) is 7.48. The van der Waals surface area contributed by atoms with Crippen LogP contribution in [0.2, 0.25) is 0 Å². The van der Waals surface area contributed by atoms with Crippen molar-refractivity contribution in [3.8, 4) is 11.5 Å². The molecule has 4 aromatic rings. The molecule has 1 aromatic heterocycles. The van der Waals surface area contributed by atoms with Gasteiger partial charge in [0.1, 0.15) is 11.5 Å². The maximum Gasteiger partial charge on any atom is 0.259 e. The van der Waals surface area contributed by atoms with Gasteiger partial charge in [0, 0.05) is 42.9 Å². The fourth-order valence-electron chi connectivity index (χ4n) is 5.36. The maximum absolute atomic E-state index is 13.1. The normalized spacial score (nSPS) is 15.7. The van der Waals surface area contributed by atoms with Gasteiger partial charge in [0.05, 0.1) is 5.56 Å². The van der Waals surface area contributed by atoms with Crippen LogP contribution in [0.15, 0.2) is 54.6 Å². The number of carbonyl (C=O) groups is 1. The van der Waals surface area contributed by atoms with E-state index in [9.17, 15) is 15.0 Å². The molecule has 0 bridgehead atoms. The molecule has 0 saturated carbocycles. The van der Waals surface area contributed by atoms with Gasteiger partial charge in [-0.2, -0.15) is 15.0 Å². The van der Waals surface area contributed by atoms with Gasteiger partial charge in [-0.3, -0.25) is 4.79 Å². The summed E-state index contributed by atoms with van der Waals surface area (Å²) >= 11 is 0. The Bertz CT molecular complexity index is 1500. The largest absolute Gasteiger partial charge is 0.507 e. The molecule has 4 N–H and O–H groups in total. The highest BCUT2D eigenvalue weighted by molar-refractivity contribution is 6.09. The van der Waals surface area contributed by atoms with Gasteiger partial charge in [-0.1, -0.05) is 18.2 Å². The molecular formula is C30H33N7O3. The van der Waals surface area contributed by atoms with Crippen molar-refractivity contribution in [3.63, 3.8) is 0 Å². The fraction of sp³-hybridized carbons (Fsp3) is 0.333. The van der Waals surface area contributed by atoms with Gasteiger partial charge in [-0.15, -0.1) is 0 Å². The van der Waals surface area contributed by atoms with Gasteiger partial charge in [0.2, 0.25) is 17.8 Å². The molecule has 40 heavy (non-hydrogen) atoms. The molecule has 3 aromatic carbocycles. The van der Waals surface area contributed by atoms with E-state index in [1.54, 1.807) is 30.3 Å². The number of hydrogen-bond acceptors (Lipinski definition) is 9. The van der Waals surface area contributed by atoms with Crippen LogP contribution in [0.4, 0.5) is 29.2 Å². The lowest BCUT2D eigenvalue weighted by Gasteiger charge is -2.30. The Labute approximate surface area is 232 Å². The number of fused-ring (bicyclic) bond motifs is 1. The summed E-state index contributed by atoms with van der Waals surface area (Å²) in [6.07, 6.45) is 6.96. The Morgan fingerprint density at radius 1 is 0.700 bits per heavy atom. The van der Waals surface area contributed by atoms with E-state index in [2.05, 4.69) is 20.4 Å². The molecule has 0 spiro atoms. The number of phenolic OH excluding ortho intramolecular Hbond substituents is 2. The standard InChI is InChI=1S/C30H33N7O3/c38-25-12-7-9-20-17-24(26(39)19-23(20)25)27(40)31-21-10-8-11-22(18-21)32-28-33-29(36-13-3-1-4-14-36)35-30(34-28)37-15-5-2-6-16-37/h7-12,17-19,38-39H,1-6,13-16H2,(H,31,40)(H,32,33,34,35). The van der Waals surface area contributed by atoms with Crippen molar-refractivity contribution in [1.82, 2.24) is 15.0 Å². The van der Waals surface area contributed by atoms with Crippen molar-refractivity contribution in [3.05, 3.63) is 60.2 Å². The third-order valence-electron chi connectivity index (χ3n) is 7.48. The van der Waals surface area contributed by atoms with Crippen LogP contribution in [0.3, 0.4) is 0 Å². The topological polar surface area (TPSA) is 127 Å². The summed E-state index contributed by atoms with van der Waals surface area (Å²) in [4.78, 5) is 31.9. The Hall–Kier alpha value is -4.60. The zero-order valence-corrected chi connectivity index (χ0v) is 22.3. The molecule has 2 saturated heterocycles. The SMILES string of the molecule is O=C(Nc1cccc(Nc2nc(N3CCCCC3)nc(N3CCCCC3)n2)c1)c1cc2cccc(O)c2cc1O. The number of piperidine rings is 2. The van der Waals surface area contributed by atoms with Crippen molar-refractivity contribution in [2.75, 3.05) is 46.6 Å². The quantitative estimate of drug-likeness (QED) is 0.254. The van der Waals surface area contributed by atoms with E-state index < -0.39 is 5.91 Å². The summed E-state index contributed by atoms with van der Waals surface area (Å²) in [5.74, 6) is 1.23. The predicted octanol–water partition coefficient (Wildman–Crippen LogP) is 5.41. The van der Waals surface area contributed by atoms with Gasteiger partial charge >= 0.3 is 0 Å². The number of phenols is 2. The minimum absolute atomic E-state index is 0.0451. The Kier molecular flexibility index (Phi) is 7.22. The Morgan fingerprint density at radius 3 is 2.00 bits per heavy atom. The van der Waals surface area contributed by atoms with E-state index in [0.717, 1.165) is 51.9 Å². The van der Waals surface area contributed by atoms with Crippen LogP contribution in [-0.2, 0) is 0 Å². The van der Waals surface area contributed by atoms with Crippen LogP contribution in [0.1, 0.15) is 48.9 Å². The monoisotopic (exact) mass is 539 g/mol. The minimum atomic E-state index is -0.458. The van der Waals surface area contributed by atoms with Crippen LogP contribution < -0.4 is 20.4 Å². The van der Waals surface area contributed by atoms with E-state index in [4.69, 9.17) is 15.0 Å². The second-order valence-electron chi connectivity index (χ2n) is 10.4. The average molecular weight is 540 g/mol. The highest BCUT2D eigenvalue weighted by atomic mass is 16.3. The first-order valence-corrected chi connectivity index (χ1v) is 13.9. The van der Waals surface area contributed by atoms with Crippen LogP contribution >= 0.6 is 0 Å². The zero-order chi connectivity index (χ0) is 27.5. The summed E-state index contributed by atoms with van der Waals surface area (Å²) in [6, 6.07) is 15.3. The lowest BCUT2D eigenvalue weighted by Crippen LogP contribution is -2.34. The summed E-state index contributed by atoms with van der Waals surface area (Å²) in [5, 5.41) is 27.8. The molecule has 1 amide bonds. The van der Waals surface area contributed by atoms with Gasteiger partial charge in [0.25, 0.3) is 5.91 Å². The van der Waals surface area contributed by atoms with Crippen molar-refractivity contribution < 1.29 is 15.0 Å². The molecule has 10 nitrogen and oxygen atoms in total. The molecule has 3 heterocycles. The minimum Gasteiger partial charge on any atom is -0.507 e. The molecule has 0 aliphatic carbocycles. The van der Waals surface area contributed by atoms with E-state index in [1.165, 1.54) is 25.0 Å². The number of aromatic hydroxyl groups is 2. The van der Waals surface area contributed by atoms with Crippen LogP contribution in [0, 0.1) is 0 Å². The van der Waals surface area contributed by atoms with E-state index >= 15 is 0 Å². The Morgan fingerprint density at radius 2 is 1.32 bits per heavy atom. The van der Waals surface area contributed by atoms with E-state index in [1.807, 2.05) is 12.1 Å². The highest BCUT2D eigenvalue weighted by Crippen LogP contribution is 2.31. The van der Waals surface area contributed by atoms with Crippen LogP contribution in [-0.4, -0.2) is 57.3 Å². The van der Waals surface area contributed by atoms with E-state index in [-0.39, 0.29) is 17.1 Å². The lowest BCUT2D eigenvalue weighted by atomic mass is 10.0. The predicted molar refractivity (Wildman–Crippen MR) is 157 cm³/mol. The number of rotatable bonds is 6. The first-order valence-electron chi connectivity index (χ1n) is 13.9. The second-order valence-corrected chi connectivity index (χ2v) is 10.4. The number of anilines is 5. The molecule has 10 heteroatoms. The number of nitrogens with zero attached hydrogens (tertiary/aromatic N) is 5. The first kappa shape index (κ1) is 25.7. The van der Waals surface area contributed by atoms with E-state index in [0.29, 0.717) is 40.0 Å². The zero-order valence-electron chi connectivity index (χ0n) is 22.3.